The number of likely N-dealkylation sites (tertiary alicyclic amines) is 1. The van der Waals surface area contributed by atoms with Crippen molar-refractivity contribution in [1.29, 1.82) is 0 Å². The second-order valence-electron chi connectivity index (χ2n) is 4.14. The van der Waals surface area contributed by atoms with E-state index in [9.17, 15) is 9.59 Å². The topological polar surface area (TPSA) is 73.4 Å². The number of carboxylic acid groups (broad SMARTS) is 1. The first-order chi connectivity index (χ1) is 8.08. The van der Waals surface area contributed by atoms with Crippen LogP contribution in [0.4, 0.5) is 0 Å². The van der Waals surface area contributed by atoms with Gasteiger partial charge >= 0.3 is 5.97 Å². The number of carboxylic acids is 1. The lowest BCUT2D eigenvalue weighted by atomic mass is 9.97. The fraction of sp³-hybridized carbons (Fsp3) is 0.455. The standard InChI is InChI=1S/C11H13IN2O3/c12-8-5-9(13-6-8)10(15)14-3-1-7(2-4-14)11(16)17/h5-7,13H,1-4H2,(H,16,17). The maximum Gasteiger partial charge on any atom is 0.306 e. The van der Waals surface area contributed by atoms with Gasteiger partial charge in [0, 0.05) is 22.9 Å². The predicted octanol–water partition coefficient (Wildman–Crippen LogP) is 1.56. The van der Waals surface area contributed by atoms with Crippen LogP contribution in [0.3, 0.4) is 0 Å². The number of nitrogens with one attached hydrogen (secondary N) is 1. The first-order valence-electron chi connectivity index (χ1n) is 5.44. The van der Waals surface area contributed by atoms with Gasteiger partial charge in [-0.2, -0.15) is 0 Å². The number of rotatable bonds is 2. The molecule has 0 aromatic carbocycles. The van der Waals surface area contributed by atoms with Gasteiger partial charge in [0.1, 0.15) is 5.69 Å². The van der Waals surface area contributed by atoms with Crippen LogP contribution in [-0.2, 0) is 4.79 Å². The van der Waals surface area contributed by atoms with E-state index >= 15 is 0 Å². The molecule has 1 aromatic heterocycles. The van der Waals surface area contributed by atoms with Gasteiger partial charge in [0.25, 0.3) is 5.91 Å². The molecule has 17 heavy (non-hydrogen) atoms. The molecule has 0 radical (unpaired) electrons. The summed E-state index contributed by atoms with van der Waals surface area (Å²) in [4.78, 5) is 27.5. The number of hydrogen-bond donors (Lipinski definition) is 2. The van der Waals surface area contributed by atoms with Crippen molar-refractivity contribution in [2.75, 3.05) is 13.1 Å². The number of aliphatic carboxylic acids is 1. The second kappa shape index (κ2) is 5.07. The van der Waals surface area contributed by atoms with Gasteiger partial charge in [-0.25, -0.2) is 0 Å². The van der Waals surface area contributed by atoms with Crippen LogP contribution in [-0.4, -0.2) is 40.0 Å². The number of piperidine rings is 1. The molecule has 0 unspecified atom stereocenters. The van der Waals surface area contributed by atoms with Crippen molar-refractivity contribution >= 4 is 34.5 Å². The third kappa shape index (κ3) is 2.80. The summed E-state index contributed by atoms with van der Waals surface area (Å²) >= 11 is 2.14. The minimum atomic E-state index is -0.758. The number of hydrogen-bond acceptors (Lipinski definition) is 2. The van der Waals surface area contributed by atoms with E-state index in [4.69, 9.17) is 5.11 Å². The van der Waals surface area contributed by atoms with Gasteiger partial charge < -0.3 is 15.0 Å². The summed E-state index contributed by atoms with van der Waals surface area (Å²) in [6.45, 7) is 1.04. The first kappa shape index (κ1) is 12.4. The molecule has 1 amide bonds. The average Bonchev–Trinajstić information content (AvgIpc) is 2.75. The molecule has 5 nitrogen and oxygen atoms in total. The molecule has 6 heteroatoms. The molecule has 1 aliphatic rings. The maximum atomic E-state index is 12.0. The summed E-state index contributed by atoms with van der Waals surface area (Å²) < 4.78 is 0.992. The van der Waals surface area contributed by atoms with Crippen LogP contribution in [0.1, 0.15) is 23.3 Å². The Morgan fingerprint density at radius 2 is 2.06 bits per heavy atom. The quantitative estimate of drug-likeness (QED) is 0.797. The number of H-pyrrole nitrogens is 1. The molecule has 0 bridgehead atoms. The van der Waals surface area contributed by atoms with Gasteiger partial charge in [-0.05, 0) is 41.5 Å². The van der Waals surface area contributed by atoms with Crippen molar-refractivity contribution in [1.82, 2.24) is 9.88 Å². The SMILES string of the molecule is O=C(O)C1CCN(C(=O)c2cc(I)c[nH]2)CC1. The lowest BCUT2D eigenvalue weighted by molar-refractivity contribution is -0.143. The Bertz CT molecular complexity index is 436. The summed E-state index contributed by atoms with van der Waals surface area (Å²) in [6.07, 6.45) is 2.86. The van der Waals surface area contributed by atoms with Crippen LogP contribution in [0.5, 0.6) is 0 Å². The second-order valence-corrected chi connectivity index (χ2v) is 5.38. The summed E-state index contributed by atoms with van der Waals surface area (Å²) in [5.74, 6) is -1.11. The Labute approximate surface area is 112 Å². The van der Waals surface area contributed by atoms with Gasteiger partial charge in [0.05, 0.1) is 5.92 Å². The molecular weight excluding hydrogens is 335 g/mol. The minimum absolute atomic E-state index is 0.0447. The number of aromatic amines is 1. The molecule has 1 saturated heterocycles. The molecule has 0 spiro atoms. The zero-order chi connectivity index (χ0) is 12.4. The van der Waals surface area contributed by atoms with Gasteiger partial charge in [-0.1, -0.05) is 0 Å². The van der Waals surface area contributed by atoms with E-state index < -0.39 is 5.97 Å². The lowest BCUT2D eigenvalue weighted by Crippen LogP contribution is -2.40. The molecule has 0 saturated carbocycles. The Morgan fingerprint density at radius 1 is 1.41 bits per heavy atom. The smallest absolute Gasteiger partial charge is 0.306 e. The van der Waals surface area contributed by atoms with Crippen molar-refractivity contribution in [3.05, 3.63) is 21.5 Å². The Balaban J connectivity index is 1.97. The summed E-state index contributed by atoms with van der Waals surface area (Å²) in [5, 5.41) is 8.87. The van der Waals surface area contributed by atoms with Crippen LogP contribution in [0.2, 0.25) is 0 Å². The number of aromatic nitrogens is 1. The van der Waals surface area contributed by atoms with Crippen LogP contribution in [0, 0.1) is 9.49 Å². The van der Waals surface area contributed by atoms with Crippen LogP contribution in [0.25, 0.3) is 0 Å². The van der Waals surface area contributed by atoms with Crippen LogP contribution >= 0.6 is 22.6 Å². The van der Waals surface area contributed by atoms with Crippen molar-refractivity contribution < 1.29 is 14.7 Å². The number of halogens is 1. The predicted molar refractivity (Wildman–Crippen MR) is 69.8 cm³/mol. The third-order valence-electron chi connectivity index (χ3n) is 3.01. The van der Waals surface area contributed by atoms with E-state index in [2.05, 4.69) is 27.6 Å². The molecule has 0 atom stereocenters. The van der Waals surface area contributed by atoms with E-state index in [0.717, 1.165) is 3.57 Å². The van der Waals surface area contributed by atoms with Crippen molar-refractivity contribution in [3.8, 4) is 0 Å². The van der Waals surface area contributed by atoms with E-state index in [1.165, 1.54) is 0 Å². The zero-order valence-electron chi connectivity index (χ0n) is 9.15. The fourth-order valence-electron chi connectivity index (χ4n) is 1.99. The van der Waals surface area contributed by atoms with Gasteiger partial charge in [0.15, 0.2) is 0 Å². The van der Waals surface area contributed by atoms with Gasteiger partial charge in [-0.3, -0.25) is 9.59 Å². The molecule has 2 N–H and O–H groups in total. The minimum Gasteiger partial charge on any atom is -0.481 e. The Kier molecular flexibility index (Phi) is 3.70. The summed E-state index contributed by atoms with van der Waals surface area (Å²) in [6, 6.07) is 1.80. The van der Waals surface area contributed by atoms with Crippen molar-refractivity contribution in [3.63, 3.8) is 0 Å². The molecule has 0 aliphatic carbocycles. The molecule has 2 rings (SSSR count). The molecule has 92 valence electrons. The first-order valence-corrected chi connectivity index (χ1v) is 6.52. The number of carbonyl (C=O) groups is 2. The van der Waals surface area contributed by atoms with Gasteiger partial charge in [-0.15, -0.1) is 0 Å². The highest BCUT2D eigenvalue weighted by Crippen LogP contribution is 2.19. The van der Waals surface area contributed by atoms with E-state index in [1.807, 2.05) is 0 Å². The summed E-state index contributed by atoms with van der Waals surface area (Å²) in [7, 11) is 0. The monoisotopic (exact) mass is 348 g/mol. The Hall–Kier alpha value is -1.05. The highest BCUT2D eigenvalue weighted by molar-refractivity contribution is 14.1. The molecule has 1 aromatic rings. The average molecular weight is 348 g/mol. The number of nitrogens with zero attached hydrogens (tertiary/aromatic N) is 1. The number of carbonyl (C=O) groups excluding carboxylic acids is 1. The largest absolute Gasteiger partial charge is 0.481 e. The van der Waals surface area contributed by atoms with E-state index in [1.54, 1.807) is 17.2 Å². The van der Waals surface area contributed by atoms with Crippen molar-refractivity contribution in [2.24, 2.45) is 5.92 Å². The molecular formula is C11H13IN2O3. The summed E-state index contributed by atoms with van der Waals surface area (Å²) in [5.41, 5.74) is 0.572. The Morgan fingerprint density at radius 3 is 2.53 bits per heavy atom. The third-order valence-corrected chi connectivity index (χ3v) is 3.63. The zero-order valence-corrected chi connectivity index (χ0v) is 11.3. The van der Waals surface area contributed by atoms with E-state index in [-0.39, 0.29) is 11.8 Å². The maximum absolute atomic E-state index is 12.0. The molecule has 1 aliphatic heterocycles. The van der Waals surface area contributed by atoms with Gasteiger partial charge in [0.2, 0.25) is 0 Å². The van der Waals surface area contributed by atoms with Crippen molar-refractivity contribution in [2.45, 2.75) is 12.8 Å². The molecule has 2 heterocycles. The normalized spacial score (nSPS) is 17.1. The highest BCUT2D eigenvalue weighted by Gasteiger charge is 2.27. The lowest BCUT2D eigenvalue weighted by Gasteiger charge is -2.29. The fourth-order valence-corrected chi connectivity index (χ4v) is 2.46. The van der Waals surface area contributed by atoms with E-state index in [0.29, 0.717) is 31.6 Å². The van der Waals surface area contributed by atoms with Crippen LogP contribution < -0.4 is 0 Å². The number of amides is 1. The molecule has 1 fully saturated rings. The van der Waals surface area contributed by atoms with Crippen LogP contribution in [0.15, 0.2) is 12.3 Å². The highest BCUT2D eigenvalue weighted by atomic mass is 127.